The number of rotatable bonds is 6. The van der Waals surface area contributed by atoms with Crippen LogP contribution in [0.15, 0.2) is 23.7 Å². The topological polar surface area (TPSA) is 68.1 Å². The van der Waals surface area contributed by atoms with E-state index in [4.69, 9.17) is 0 Å². The summed E-state index contributed by atoms with van der Waals surface area (Å²) in [6.07, 6.45) is 2.69. The van der Waals surface area contributed by atoms with E-state index in [1.807, 2.05) is 5.38 Å². The zero-order valence-corrected chi connectivity index (χ0v) is 10.6. The number of hydrogen-bond donors (Lipinski definition) is 1. The molecule has 2 rings (SSSR count). The zero-order chi connectivity index (χ0) is 12.1. The summed E-state index contributed by atoms with van der Waals surface area (Å²) in [5.74, 6) is 0. The first-order chi connectivity index (χ1) is 8.25. The maximum atomic E-state index is 10.5. The minimum atomic E-state index is -0.357. The predicted molar refractivity (Wildman–Crippen MR) is 68.5 cm³/mol. The monoisotopic (exact) mass is 269 g/mol. The van der Waals surface area contributed by atoms with Crippen LogP contribution in [0, 0.1) is 10.1 Å². The van der Waals surface area contributed by atoms with Crippen LogP contribution in [0.4, 0.5) is 5.00 Å². The summed E-state index contributed by atoms with van der Waals surface area (Å²) < 4.78 is 0. The summed E-state index contributed by atoms with van der Waals surface area (Å²) in [7, 11) is 0. The lowest BCUT2D eigenvalue weighted by molar-refractivity contribution is -0.380. The van der Waals surface area contributed by atoms with E-state index in [0.29, 0.717) is 6.54 Å². The molecule has 0 aliphatic heterocycles. The van der Waals surface area contributed by atoms with Crippen LogP contribution in [-0.4, -0.2) is 16.5 Å². The van der Waals surface area contributed by atoms with Crippen molar-refractivity contribution >= 4 is 27.7 Å². The lowest BCUT2D eigenvalue weighted by atomic mass is 10.4. The first kappa shape index (κ1) is 12.2. The third-order valence-corrected chi connectivity index (χ3v) is 4.00. The Morgan fingerprint density at radius 2 is 2.35 bits per heavy atom. The smallest absolute Gasteiger partial charge is 0.311 e. The highest BCUT2D eigenvalue weighted by Gasteiger charge is 2.08. The van der Waals surface area contributed by atoms with Gasteiger partial charge in [0.25, 0.3) is 0 Å². The average Bonchev–Trinajstić information content (AvgIpc) is 2.96. The van der Waals surface area contributed by atoms with Gasteiger partial charge >= 0.3 is 5.00 Å². The van der Waals surface area contributed by atoms with Gasteiger partial charge in [-0.3, -0.25) is 10.1 Å². The molecule has 17 heavy (non-hydrogen) atoms. The summed E-state index contributed by atoms with van der Waals surface area (Å²) in [5.41, 5.74) is 0. The lowest BCUT2D eigenvalue weighted by Crippen LogP contribution is -2.15. The second-order valence-electron chi connectivity index (χ2n) is 3.35. The molecule has 2 aromatic heterocycles. The van der Waals surface area contributed by atoms with Gasteiger partial charge < -0.3 is 5.32 Å². The van der Waals surface area contributed by atoms with Gasteiger partial charge in [0.15, 0.2) is 0 Å². The standard InChI is InChI=1S/C10H11N3O2S2/c14-13(15)10-2-1-8(17-10)7-11-4-3-9-12-5-6-16-9/h1-2,5-6,11H,3-4,7H2. The van der Waals surface area contributed by atoms with E-state index in [2.05, 4.69) is 10.3 Å². The van der Waals surface area contributed by atoms with E-state index in [-0.39, 0.29) is 9.92 Å². The summed E-state index contributed by atoms with van der Waals surface area (Å²) in [6.45, 7) is 1.50. The molecule has 90 valence electrons. The number of aromatic nitrogens is 1. The molecule has 0 unspecified atom stereocenters. The molecular weight excluding hydrogens is 258 g/mol. The molecule has 0 aromatic carbocycles. The fourth-order valence-electron chi connectivity index (χ4n) is 1.34. The van der Waals surface area contributed by atoms with Crippen molar-refractivity contribution in [3.63, 3.8) is 0 Å². The van der Waals surface area contributed by atoms with Crippen molar-refractivity contribution in [2.75, 3.05) is 6.54 Å². The summed E-state index contributed by atoms with van der Waals surface area (Å²) >= 11 is 2.85. The van der Waals surface area contributed by atoms with Crippen LogP contribution in [0.2, 0.25) is 0 Å². The Kier molecular flexibility index (Phi) is 4.18. The molecule has 0 saturated carbocycles. The molecule has 0 atom stereocenters. The van der Waals surface area contributed by atoms with E-state index < -0.39 is 0 Å². The highest BCUT2D eigenvalue weighted by Crippen LogP contribution is 2.23. The summed E-state index contributed by atoms with van der Waals surface area (Å²) in [6, 6.07) is 3.34. The van der Waals surface area contributed by atoms with Gasteiger partial charge in [0.2, 0.25) is 0 Å². The quantitative estimate of drug-likeness (QED) is 0.497. The lowest BCUT2D eigenvalue weighted by Gasteiger charge is -2.00. The second kappa shape index (κ2) is 5.85. The van der Waals surface area contributed by atoms with Gasteiger partial charge in [0.05, 0.1) is 9.93 Å². The largest absolute Gasteiger partial charge is 0.324 e. The van der Waals surface area contributed by atoms with Gasteiger partial charge in [-0.15, -0.1) is 11.3 Å². The maximum absolute atomic E-state index is 10.5. The van der Waals surface area contributed by atoms with Gasteiger partial charge in [0, 0.05) is 42.0 Å². The van der Waals surface area contributed by atoms with Crippen molar-refractivity contribution in [3.05, 3.63) is 43.7 Å². The molecule has 0 saturated heterocycles. The summed E-state index contributed by atoms with van der Waals surface area (Å²) in [5, 5.41) is 17.0. The molecule has 0 aliphatic rings. The van der Waals surface area contributed by atoms with Crippen LogP contribution in [-0.2, 0) is 13.0 Å². The third-order valence-electron chi connectivity index (χ3n) is 2.13. The molecular formula is C10H11N3O2S2. The van der Waals surface area contributed by atoms with Crippen LogP contribution in [0.25, 0.3) is 0 Å². The van der Waals surface area contributed by atoms with Crippen LogP contribution in [0.1, 0.15) is 9.88 Å². The Labute approximate surface area is 106 Å². The summed E-state index contributed by atoms with van der Waals surface area (Å²) in [4.78, 5) is 15.3. The van der Waals surface area contributed by atoms with Crippen LogP contribution >= 0.6 is 22.7 Å². The Hall–Kier alpha value is -1.31. The number of thiophene rings is 1. The van der Waals surface area contributed by atoms with Crippen LogP contribution in [0.3, 0.4) is 0 Å². The zero-order valence-electron chi connectivity index (χ0n) is 8.96. The molecule has 0 aliphatic carbocycles. The fourth-order valence-corrected chi connectivity index (χ4v) is 2.75. The van der Waals surface area contributed by atoms with Crippen molar-refractivity contribution in [1.29, 1.82) is 0 Å². The number of nitrogens with one attached hydrogen (secondary N) is 1. The van der Waals surface area contributed by atoms with E-state index in [9.17, 15) is 10.1 Å². The molecule has 5 nitrogen and oxygen atoms in total. The van der Waals surface area contributed by atoms with E-state index >= 15 is 0 Å². The first-order valence-corrected chi connectivity index (χ1v) is 6.77. The Bertz CT molecular complexity index is 481. The van der Waals surface area contributed by atoms with Crippen LogP contribution < -0.4 is 5.32 Å². The SMILES string of the molecule is O=[N+]([O-])c1ccc(CNCCc2nccs2)s1. The highest BCUT2D eigenvalue weighted by molar-refractivity contribution is 7.15. The first-order valence-electron chi connectivity index (χ1n) is 5.08. The number of nitro groups is 1. The normalized spacial score (nSPS) is 10.6. The second-order valence-corrected chi connectivity index (χ2v) is 5.48. The number of nitrogens with zero attached hydrogens (tertiary/aromatic N) is 2. The van der Waals surface area contributed by atoms with Gasteiger partial charge in [0.1, 0.15) is 0 Å². The molecule has 0 bridgehead atoms. The molecule has 2 aromatic rings. The minimum Gasteiger partial charge on any atom is -0.311 e. The van der Waals surface area contributed by atoms with Gasteiger partial charge in [-0.2, -0.15) is 0 Å². The Morgan fingerprint density at radius 3 is 3.00 bits per heavy atom. The van der Waals surface area contributed by atoms with Crippen molar-refractivity contribution in [2.45, 2.75) is 13.0 Å². The molecule has 2 heterocycles. The fraction of sp³-hybridized carbons (Fsp3) is 0.300. The Morgan fingerprint density at radius 1 is 1.47 bits per heavy atom. The Balaban J connectivity index is 1.72. The molecule has 0 radical (unpaired) electrons. The van der Waals surface area contributed by atoms with Gasteiger partial charge in [-0.1, -0.05) is 11.3 Å². The third kappa shape index (κ3) is 3.58. The van der Waals surface area contributed by atoms with E-state index in [1.54, 1.807) is 29.7 Å². The predicted octanol–water partition coefficient (Wildman–Crippen LogP) is 2.45. The molecule has 0 spiro atoms. The highest BCUT2D eigenvalue weighted by atomic mass is 32.1. The van der Waals surface area contributed by atoms with Crippen molar-refractivity contribution < 1.29 is 4.92 Å². The van der Waals surface area contributed by atoms with Crippen molar-refractivity contribution in [2.24, 2.45) is 0 Å². The van der Waals surface area contributed by atoms with Gasteiger partial charge in [-0.25, -0.2) is 4.98 Å². The van der Waals surface area contributed by atoms with Crippen molar-refractivity contribution in [1.82, 2.24) is 10.3 Å². The van der Waals surface area contributed by atoms with E-state index in [1.165, 1.54) is 11.3 Å². The maximum Gasteiger partial charge on any atom is 0.324 e. The minimum absolute atomic E-state index is 0.196. The van der Waals surface area contributed by atoms with Crippen molar-refractivity contribution in [3.8, 4) is 0 Å². The van der Waals surface area contributed by atoms with Crippen LogP contribution in [0.5, 0.6) is 0 Å². The number of thiazole rings is 1. The molecule has 0 fully saturated rings. The molecule has 7 heteroatoms. The number of hydrogen-bond acceptors (Lipinski definition) is 6. The van der Waals surface area contributed by atoms with E-state index in [0.717, 1.165) is 22.9 Å². The van der Waals surface area contributed by atoms with Gasteiger partial charge in [-0.05, 0) is 6.07 Å². The molecule has 1 N–H and O–H groups in total. The molecule has 0 amide bonds. The average molecular weight is 269 g/mol.